The molecule has 0 aromatic carbocycles. The van der Waals surface area contributed by atoms with Gasteiger partial charge in [-0.1, -0.05) is 0 Å². The van der Waals surface area contributed by atoms with Crippen molar-refractivity contribution in [1.82, 2.24) is 25.5 Å². The first kappa shape index (κ1) is 14.7. The van der Waals surface area contributed by atoms with Crippen LogP contribution < -0.4 is 5.32 Å². The molecule has 1 N–H and O–H groups in total. The number of rotatable bonds is 6. The third kappa shape index (κ3) is 3.88. The van der Waals surface area contributed by atoms with Crippen molar-refractivity contribution in [3.8, 4) is 11.6 Å². The van der Waals surface area contributed by atoms with Crippen LogP contribution in [0, 0.1) is 0 Å². The van der Waals surface area contributed by atoms with E-state index in [0.717, 1.165) is 4.80 Å². The number of amides is 1. The highest BCUT2D eigenvalue weighted by atomic mass is 16.5. The first-order chi connectivity index (χ1) is 10.1. The first-order valence-electron chi connectivity index (χ1n) is 6.38. The molecule has 21 heavy (non-hydrogen) atoms. The molecule has 1 amide bonds. The van der Waals surface area contributed by atoms with Crippen molar-refractivity contribution in [2.24, 2.45) is 0 Å². The number of aromatic nitrogens is 4. The van der Waals surface area contributed by atoms with Crippen LogP contribution in [-0.2, 0) is 20.9 Å². The summed E-state index contributed by atoms with van der Waals surface area (Å²) in [5, 5.41) is 14.0. The average molecular weight is 293 g/mol. The van der Waals surface area contributed by atoms with Crippen LogP contribution in [0.15, 0.2) is 22.8 Å². The second-order valence-electron chi connectivity index (χ2n) is 4.16. The summed E-state index contributed by atoms with van der Waals surface area (Å²) in [6.45, 7) is 3.34. The molecule has 9 heteroatoms. The molecule has 2 rings (SSSR count). The van der Waals surface area contributed by atoms with Crippen LogP contribution in [0.5, 0.6) is 0 Å². The van der Waals surface area contributed by atoms with E-state index >= 15 is 0 Å². The first-order valence-corrected chi connectivity index (χ1v) is 6.38. The van der Waals surface area contributed by atoms with Gasteiger partial charge in [0.2, 0.25) is 11.7 Å². The lowest BCUT2D eigenvalue weighted by Crippen LogP contribution is -2.41. The number of tetrazole rings is 1. The Balaban J connectivity index is 1.90. The predicted octanol–water partition coefficient (Wildman–Crippen LogP) is 0.000900. The second-order valence-corrected chi connectivity index (χ2v) is 4.16. The smallest absolute Gasteiger partial charge is 0.328 e. The molecule has 0 spiro atoms. The number of esters is 1. The van der Waals surface area contributed by atoms with E-state index in [2.05, 4.69) is 20.7 Å². The van der Waals surface area contributed by atoms with E-state index < -0.39 is 17.9 Å². The summed E-state index contributed by atoms with van der Waals surface area (Å²) in [5.41, 5.74) is 0. The highest BCUT2D eigenvalue weighted by Crippen LogP contribution is 2.12. The number of hydrogen-bond acceptors (Lipinski definition) is 7. The summed E-state index contributed by atoms with van der Waals surface area (Å²) in [5.74, 6) is -0.166. The minimum atomic E-state index is -0.731. The number of carbonyl (C=O) groups excluding carboxylic acids is 2. The van der Waals surface area contributed by atoms with Gasteiger partial charge in [-0.25, -0.2) is 4.79 Å². The molecule has 1 unspecified atom stereocenters. The van der Waals surface area contributed by atoms with Crippen molar-refractivity contribution in [1.29, 1.82) is 0 Å². The molecular weight excluding hydrogens is 278 g/mol. The minimum absolute atomic E-state index is 0.155. The second kappa shape index (κ2) is 6.64. The number of carbonyl (C=O) groups is 2. The Morgan fingerprint density at radius 1 is 1.52 bits per heavy atom. The Morgan fingerprint density at radius 2 is 2.33 bits per heavy atom. The number of ether oxygens (including phenoxy) is 1. The molecule has 2 heterocycles. The van der Waals surface area contributed by atoms with Crippen molar-refractivity contribution >= 4 is 11.9 Å². The lowest BCUT2D eigenvalue weighted by molar-refractivity contribution is -0.147. The lowest BCUT2D eigenvalue weighted by atomic mass is 10.3. The van der Waals surface area contributed by atoms with Gasteiger partial charge in [0.15, 0.2) is 5.76 Å². The Labute approximate surface area is 120 Å². The molecule has 1 atom stereocenters. The van der Waals surface area contributed by atoms with Crippen molar-refractivity contribution in [3.63, 3.8) is 0 Å². The Morgan fingerprint density at radius 3 is 3.00 bits per heavy atom. The zero-order valence-corrected chi connectivity index (χ0v) is 11.6. The monoisotopic (exact) mass is 293 g/mol. The summed E-state index contributed by atoms with van der Waals surface area (Å²) < 4.78 is 9.91. The molecule has 0 saturated carbocycles. The SMILES string of the molecule is CCOC(=O)C(C)NC(=O)Cn1nnc(-c2ccco2)n1. The summed E-state index contributed by atoms with van der Waals surface area (Å²) in [6, 6.07) is 2.65. The maximum Gasteiger partial charge on any atom is 0.328 e. The summed E-state index contributed by atoms with van der Waals surface area (Å²) >= 11 is 0. The standard InChI is InChI=1S/C12H15N5O4/c1-3-20-12(19)8(2)13-10(18)7-17-15-11(14-16-17)9-5-4-6-21-9/h4-6,8H,3,7H2,1-2H3,(H,13,18). The molecule has 0 aliphatic rings. The van der Waals surface area contributed by atoms with E-state index in [1.54, 1.807) is 26.0 Å². The van der Waals surface area contributed by atoms with Gasteiger partial charge in [-0.3, -0.25) is 4.79 Å². The van der Waals surface area contributed by atoms with Gasteiger partial charge in [-0.2, -0.15) is 4.80 Å². The largest absolute Gasteiger partial charge is 0.464 e. The summed E-state index contributed by atoms with van der Waals surface area (Å²) in [7, 11) is 0. The molecule has 0 aliphatic carbocycles. The van der Waals surface area contributed by atoms with Crippen LogP contribution in [0.1, 0.15) is 13.8 Å². The number of furan rings is 1. The molecule has 0 radical (unpaired) electrons. The lowest BCUT2D eigenvalue weighted by Gasteiger charge is -2.11. The van der Waals surface area contributed by atoms with E-state index in [-0.39, 0.29) is 19.0 Å². The van der Waals surface area contributed by atoms with Crippen LogP contribution in [0.2, 0.25) is 0 Å². The molecule has 0 bridgehead atoms. The van der Waals surface area contributed by atoms with Gasteiger partial charge in [0, 0.05) is 0 Å². The molecular formula is C12H15N5O4. The van der Waals surface area contributed by atoms with Crippen molar-refractivity contribution in [2.45, 2.75) is 26.4 Å². The van der Waals surface area contributed by atoms with E-state index in [1.807, 2.05) is 0 Å². The van der Waals surface area contributed by atoms with Gasteiger partial charge in [0.25, 0.3) is 0 Å². The number of hydrogen-bond donors (Lipinski definition) is 1. The van der Waals surface area contributed by atoms with Gasteiger partial charge in [-0.15, -0.1) is 10.2 Å². The predicted molar refractivity (Wildman–Crippen MR) is 69.8 cm³/mol. The quantitative estimate of drug-likeness (QED) is 0.746. The van der Waals surface area contributed by atoms with Gasteiger partial charge >= 0.3 is 5.97 Å². The third-order valence-electron chi connectivity index (χ3n) is 2.50. The van der Waals surface area contributed by atoms with Gasteiger partial charge < -0.3 is 14.5 Å². The number of nitrogens with one attached hydrogen (secondary N) is 1. The van der Waals surface area contributed by atoms with Gasteiger partial charge in [0.1, 0.15) is 12.6 Å². The maximum absolute atomic E-state index is 11.8. The van der Waals surface area contributed by atoms with E-state index in [9.17, 15) is 9.59 Å². The van der Waals surface area contributed by atoms with Crippen LogP contribution in [0.4, 0.5) is 0 Å². The highest BCUT2D eigenvalue weighted by molar-refractivity contribution is 5.83. The highest BCUT2D eigenvalue weighted by Gasteiger charge is 2.17. The van der Waals surface area contributed by atoms with Crippen LogP contribution in [-0.4, -0.2) is 44.7 Å². The topological polar surface area (TPSA) is 112 Å². The summed E-state index contributed by atoms with van der Waals surface area (Å²) in [6.07, 6.45) is 1.49. The summed E-state index contributed by atoms with van der Waals surface area (Å²) in [4.78, 5) is 24.3. The Hall–Kier alpha value is -2.71. The maximum atomic E-state index is 11.8. The van der Waals surface area contributed by atoms with Crippen LogP contribution >= 0.6 is 0 Å². The van der Waals surface area contributed by atoms with Crippen molar-refractivity contribution in [2.75, 3.05) is 6.61 Å². The molecule has 2 aromatic rings. The van der Waals surface area contributed by atoms with E-state index in [0.29, 0.717) is 5.76 Å². The van der Waals surface area contributed by atoms with Crippen LogP contribution in [0.3, 0.4) is 0 Å². The molecule has 112 valence electrons. The Bertz CT molecular complexity index is 607. The Kier molecular flexibility index (Phi) is 4.64. The fraction of sp³-hybridized carbons (Fsp3) is 0.417. The average Bonchev–Trinajstić information content (AvgIpc) is 3.08. The van der Waals surface area contributed by atoms with Crippen molar-refractivity contribution in [3.05, 3.63) is 18.4 Å². The third-order valence-corrected chi connectivity index (χ3v) is 2.50. The van der Waals surface area contributed by atoms with Gasteiger partial charge in [-0.05, 0) is 31.2 Å². The molecule has 0 aliphatic heterocycles. The molecule has 0 saturated heterocycles. The zero-order chi connectivity index (χ0) is 15.2. The molecule has 9 nitrogen and oxygen atoms in total. The molecule has 2 aromatic heterocycles. The fourth-order valence-corrected chi connectivity index (χ4v) is 1.56. The van der Waals surface area contributed by atoms with Gasteiger partial charge in [0.05, 0.1) is 12.9 Å². The minimum Gasteiger partial charge on any atom is -0.464 e. The van der Waals surface area contributed by atoms with Crippen molar-refractivity contribution < 1.29 is 18.7 Å². The van der Waals surface area contributed by atoms with E-state index in [4.69, 9.17) is 9.15 Å². The van der Waals surface area contributed by atoms with Crippen LogP contribution in [0.25, 0.3) is 11.6 Å². The normalized spacial score (nSPS) is 11.9. The fourth-order valence-electron chi connectivity index (χ4n) is 1.56. The zero-order valence-electron chi connectivity index (χ0n) is 11.6. The molecule has 0 fully saturated rings. The number of nitrogens with zero attached hydrogens (tertiary/aromatic N) is 4. The van der Waals surface area contributed by atoms with E-state index in [1.165, 1.54) is 6.26 Å².